The van der Waals surface area contributed by atoms with Crippen LogP contribution in [0, 0.1) is 0 Å². The van der Waals surface area contributed by atoms with Crippen LogP contribution in [0.2, 0.25) is 0 Å². The van der Waals surface area contributed by atoms with Crippen LogP contribution in [0.5, 0.6) is 5.75 Å². The van der Waals surface area contributed by atoms with E-state index in [4.69, 9.17) is 4.74 Å². The van der Waals surface area contributed by atoms with Gasteiger partial charge in [0.25, 0.3) is 5.91 Å². The Bertz CT molecular complexity index is 595. The fourth-order valence-corrected chi connectivity index (χ4v) is 2.10. The van der Waals surface area contributed by atoms with Gasteiger partial charge in [0.2, 0.25) is 5.91 Å². The van der Waals surface area contributed by atoms with Crippen LogP contribution in [0.4, 0.5) is 5.69 Å². The number of hydrogen-bond donors (Lipinski definition) is 0. The smallest absolute Gasteiger partial charge is 0.265 e. The molecule has 2 rings (SSSR count). The van der Waals surface area contributed by atoms with E-state index in [1.54, 1.807) is 32.3 Å². The van der Waals surface area contributed by atoms with Crippen LogP contribution in [-0.2, 0) is 9.59 Å². The zero-order valence-electron chi connectivity index (χ0n) is 12.4. The Morgan fingerprint density at radius 1 is 1.33 bits per heavy atom. The molecule has 1 aliphatic rings. The van der Waals surface area contributed by atoms with E-state index in [0.717, 1.165) is 0 Å². The molecule has 0 saturated carbocycles. The molecular weight excluding hydrogens is 272 g/mol. The second-order valence-electron chi connectivity index (χ2n) is 5.11. The zero-order chi connectivity index (χ0) is 15.6. The average molecular weight is 290 g/mol. The van der Waals surface area contributed by atoms with Crippen molar-refractivity contribution >= 4 is 23.3 Å². The van der Waals surface area contributed by atoms with Crippen molar-refractivity contribution in [1.29, 1.82) is 0 Å². The Labute approximate surface area is 123 Å². The van der Waals surface area contributed by atoms with Gasteiger partial charge in [-0.3, -0.25) is 14.4 Å². The number of fused-ring (bicyclic) bond motifs is 1. The van der Waals surface area contributed by atoms with Gasteiger partial charge < -0.3 is 14.5 Å². The molecule has 0 radical (unpaired) electrons. The molecule has 2 amide bonds. The largest absolute Gasteiger partial charge is 0.482 e. The van der Waals surface area contributed by atoms with Gasteiger partial charge in [-0.1, -0.05) is 0 Å². The maximum Gasteiger partial charge on any atom is 0.265 e. The molecule has 0 aromatic heterocycles. The molecule has 1 aromatic carbocycles. The van der Waals surface area contributed by atoms with Crippen molar-refractivity contribution in [3.05, 3.63) is 23.8 Å². The molecule has 0 fully saturated rings. The van der Waals surface area contributed by atoms with Gasteiger partial charge in [0.15, 0.2) is 12.4 Å². The van der Waals surface area contributed by atoms with E-state index >= 15 is 0 Å². The Hall–Kier alpha value is -2.37. The number of carbonyl (C=O) groups is 3. The van der Waals surface area contributed by atoms with E-state index in [1.165, 1.54) is 16.7 Å². The predicted octanol–water partition coefficient (Wildman–Crippen LogP) is 1.09. The molecule has 21 heavy (non-hydrogen) atoms. The number of nitrogens with zero attached hydrogens (tertiary/aromatic N) is 2. The Morgan fingerprint density at radius 2 is 2.05 bits per heavy atom. The fraction of sp³-hybridized carbons (Fsp3) is 0.400. The van der Waals surface area contributed by atoms with Crippen LogP contribution in [0.1, 0.15) is 23.7 Å². The highest BCUT2D eigenvalue weighted by Crippen LogP contribution is 2.33. The topological polar surface area (TPSA) is 66.9 Å². The van der Waals surface area contributed by atoms with Gasteiger partial charge in [-0.2, -0.15) is 0 Å². The van der Waals surface area contributed by atoms with Gasteiger partial charge in [-0.05, 0) is 25.1 Å². The number of ether oxygens (including phenoxy) is 1. The van der Waals surface area contributed by atoms with E-state index in [-0.39, 0.29) is 37.2 Å². The number of benzene rings is 1. The summed E-state index contributed by atoms with van der Waals surface area (Å²) in [6, 6.07) is 4.98. The minimum atomic E-state index is -0.213. The van der Waals surface area contributed by atoms with Crippen molar-refractivity contribution in [1.82, 2.24) is 4.90 Å². The molecule has 6 heteroatoms. The van der Waals surface area contributed by atoms with Crippen molar-refractivity contribution in [2.24, 2.45) is 0 Å². The summed E-state index contributed by atoms with van der Waals surface area (Å²) in [5, 5.41) is 0. The minimum Gasteiger partial charge on any atom is -0.482 e. The highest BCUT2D eigenvalue weighted by molar-refractivity contribution is 6.01. The third-order valence-electron chi connectivity index (χ3n) is 3.36. The molecule has 0 N–H and O–H groups in total. The molecular formula is C15H18N2O4. The van der Waals surface area contributed by atoms with E-state index in [0.29, 0.717) is 17.0 Å². The van der Waals surface area contributed by atoms with E-state index in [2.05, 4.69) is 0 Å². The van der Waals surface area contributed by atoms with Crippen LogP contribution < -0.4 is 9.64 Å². The standard InChI is InChI=1S/C15H18N2O4/c1-10(18)11-4-5-13-12(8-11)17(15(20)9-21-13)7-6-14(19)16(2)3/h4-5,8H,6-7,9H2,1-3H3. The second kappa shape index (κ2) is 5.95. The normalized spacial score (nSPS) is 13.5. The van der Waals surface area contributed by atoms with Crippen molar-refractivity contribution in [2.75, 3.05) is 32.1 Å². The van der Waals surface area contributed by atoms with E-state index in [1.807, 2.05) is 0 Å². The van der Waals surface area contributed by atoms with E-state index < -0.39 is 0 Å². The quantitative estimate of drug-likeness (QED) is 0.779. The summed E-state index contributed by atoms with van der Waals surface area (Å²) in [5.74, 6) is 0.199. The van der Waals surface area contributed by atoms with Crippen molar-refractivity contribution in [3.63, 3.8) is 0 Å². The first-order chi connectivity index (χ1) is 9.90. The Morgan fingerprint density at radius 3 is 2.67 bits per heavy atom. The highest BCUT2D eigenvalue weighted by Gasteiger charge is 2.26. The summed E-state index contributed by atoms with van der Waals surface area (Å²) < 4.78 is 5.36. The molecule has 0 spiro atoms. The number of hydrogen-bond acceptors (Lipinski definition) is 4. The van der Waals surface area contributed by atoms with Gasteiger partial charge >= 0.3 is 0 Å². The van der Waals surface area contributed by atoms with Crippen LogP contribution in [0.25, 0.3) is 0 Å². The fourth-order valence-electron chi connectivity index (χ4n) is 2.10. The molecule has 0 unspecified atom stereocenters. The minimum absolute atomic E-state index is 0.0530. The first-order valence-corrected chi connectivity index (χ1v) is 6.68. The molecule has 1 aromatic rings. The molecule has 0 atom stereocenters. The third kappa shape index (κ3) is 3.21. The summed E-state index contributed by atoms with van der Waals surface area (Å²) in [7, 11) is 3.34. The summed E-state index contributed by atoms with van der Waals surface area (Å²) in [6.07, 6.45) is 0.225. The van der Waals surface area contributed by atoms with E-state index in [9.17, 15) is 14.4 Å². The van der Waals surface area contributed by atoms with Gasteiger partial charge in [-0.15, -0.1) is 0 Å². The van der Waals surface area contributed by atoms with Gasteiger partial charge in [-0.25, -0.2) is 0 Å². The van der Waals surface area contributed by atoms with Gasteiger partial charge in [0, 0.05) is 32.6 Å². The highest BCUT2D eigenvalue weighted by atomic mass is 16.5. The molecule has 112 valence electrons. The lowest BCUT2D eigenvalue weighted by molar-refractivity contribution is -0.128. The summed E-state index contributed by atoms with van der Waals surface area (Å²) in [4.78, 5) is 38.2. The maximum absolute atomic E-state index is 12.0. The first-order valence-electron chi connectivity index (χ1n) is 6.68. The number of amides is 2. The summed E-state index contributed by atoms with van der Waals surface area (Å²) >= 11 is 0. The third-order valence-corrected chi connectivity index (χ3v) is 3.36. The number of Topliss-reactive ketones (excluding diaryl/α,β-unsaturated/α-hetero) is 1. The molecule has 0 aliphatic carbocycles. The Balaban J connectivity index is 2.26. The van der Waals surface area contributed by atoms with Crippen LogP contribution >= 0.6 is 0 Å². The van der Waals surface area contributed by atoms with Crippen molar-refractivity contribution < 1.29 is 19.1 Å². The van der Waals surface area contributed by atoms with Crippen LogP contribution in [-0.4, -0.2) is 49.7 Å². The lowest BCUT2D eigenvalue weighted by atomic mass is 10.1. The number of rotatable bonds is 4. The zero-order valence-corrected chi connectivity index (χ0v) is 12.4. The van der Waals surface area contributed by atoms with Crippen LogP contribution in [0.15, 0.2) is 18.2 Å². The molecule has 1 aliphatic heterocycles. The van der Waals surface area contributed by atoms with Crippen LogP contribution in [0.3, 0.4) is 0 Å². The number of ketones is 1. The molecule has 6 nitrogen and oxygen atoms in total. The van der Waals surface area contributed by atoms with Crippen molar-refractivity contribution in [2.45, 2.75) is 13.3 Å². The lowest BCUT2D eigenvalue weighted by Gasteiger charge is -2.29. The Kier molecular flexibility index (Phi) is 4.26. The summed E-state index contributed by atoms with van der Waals surface area (Å²) in [5.41, 5.74) is 1.06. The van der Waals surface area contributed by atoms with Gasteiger partial charge in [0.1, 0.15) is 5.75 Å². The second-order valence-corrected chi connectivity index (χ2v) is 5.11. The van der Waals surface area contributed by atoms with Crippen molar-refractivity contribution in [3.8, 4) is 5.75 Å². The number of carbonyl (C=O) groups excluding carboxylic acids is 3. The average Bonchev–Trinajstić information content (AvgIpc) is 2.45. The maximum atomic E-state index is 12.0. The molecule has 0 bridgehead atoms. The monoisotopic (exact) mass is 290 g/mol. The lowest BCUT2D eigenvalue weighted by Crippen LogP contribution is -2.41. The predicted molar refractivity (Wildman–Crippen MR) is 77.6 cm³/mol. The molecule has 1 heterocycles. The summed E-state index contributed by atoms with van der Waals surface area (Å²) in [6.45, 7) is 1.68. The van der Waals surface area contributed by atoms with Gasteiger partial charge in [0.05, 0.1) is 5.69 Å². The first kappa shape index (κ1) is 15.0. The molecule has 0 saturated heterocycles. The number of anilines is 1. The SMILES string of the molecule is CC(=O)c1ccc2c(c1)N(CCC(=O)N(C)C)C(=O)CO2.